The van der Waals surface area contributed by atoms with Gasteiger partial charge in [0.25, 0.3) is 0 Å². The van der Waals surface area contributed by atoms with Gasteiger partial charge in [-0.1, -0.05) is 27.7 Å². The summed E-state index contributed by atoms with van der Waals surface area (Å²) >= 11 is 0. The Morgan fingerprint density at radius 1 is 0.793 bits per heavy atom. The Morgan fingerprint density at radius 2 is 1.34 bits per heavy atom. The van der Waals surface area contributed by atoms with Crippen LogP contribution < -0.4 is 0 Å². The molecule has 1 N–H and O–H groups in total. The minimum absolute atomic E-state index is 0.0208. The second-order valence-corrected chi connectivity index (χ2v) is 11.2. The highest BCUT2D eigenvalue weighted by Crippen LogP contribution is 2.54. The number of ether oxygens (including phenoxy) is 2. The Kier molecular flexibility index (Phi) is 5.08. The lowest BCUT2D eigenvalue weighted by atomic mass is 9.56. The van der Waals surface area contributed by atoms with E-state index >= 15 is 0 Å². The molecule has 0 radical (unpaired) electrons. The van der Waals surface area contributed by atoms with Gasteiger partial charge in [0.2, 0.25) is 6.29 Å². The summed E-state index contributed by atoms with van der Waals surface area (Å²) in [7, 11) is 0. The fourth-order valence-corrected chi connectivity index (χ4v) is 6.95. The third-order valence-corrected chi connectivity index (χ3v) is 8.59. The summed E-state index contributed by atoms with van der Waals surface area (Å²) in [5, 5.41) is 9.95. The normalized spacial score (nSPS) is 40.3. The zero-order valence-corrected chi connectivity index (χ0v) is 18.0. The molecule has 29 heavy (non-hydrogen) atoms. The minimum Gasteiger partial charge on any atom is -0.435 e. The fraction of sp³-hybridized carbons (Fsp3) is 0.870. The summed E-state index contributed by atoms with van der Waals surface area (Å²) in [5.74, 6) is -0.886. The molecular weight excluding hydrogens is 372 g/mol. The van der Waals surface area contributed by atoms with E-state index in [1.54, 1.807) is 0 Å². The number of aliphatic hydroxyl groups is 1. The van der Waals surface area contributed by atoms with Gasteiger partial charge < -0.3 is 14.6 Å². The van der Waals surface area contributed by atoms with Crippen molar-refractivity contribution in [1.82, 2.24) is 0 Å². The molecule has 0 amide bonds. The van der Waals surface area contributed by atoms with Crippen molar-refractivity contribution in [2.45, 2.75) is 78.9 Å². The minimum atomic E-state index is -0.933. The van der Waals surface area contributed by atoms with Gasteiger partial charge in [-0.05, 0) is 67.6 Å². The number of rotatable bonds is 4. The molecule has 2 saturated carbocycles. The lowest BCUT2D eigenvalue weighted by Crippen LogP contribution is -2.41. The summed E-state index contributed by atoms with van der Waals surface area (Å²) in [6.45, 7) is 9.13. The predicted molar refractivity (Wildman–Crippen MR) is 104 cm³/mol. The molecule has 7 unspecified atom stereocenters. The van der Waals surface area contributed by atoms with Crippen LogP contribution in [0.3, 0.4) is 0 Å². The van der Waals surface area contributed by atoms with Crippen LogP contribution in [-0.2, 0) is 23.9 Å². The Labute approximate surface area is 172 Å². The zero-order valence-electron chi connectivity index (χ0n) is 18.0. The Balaban J connectivity index is 1.42. The van der Waals surface area contributed by atoms with Crippen LogP contribution in [0.25, 0.3) is 0 Å². The highest BCUT2D eigenvalue weighted by molar-refractivity contribution is 5.96. The van der Waals surface area contributed by atoms with E-state index in [-0.39, 0.29) is 52.4 Å². The molecule has 2 aliphatic heterocycles. The third-order valence-electron chi connectivity index (χ3n) is 8.59. The molecule has 0 aromatic heterocycles. The van der Waals surface area contributed by atoms with Gasteiger partial charge in [0.05, 0.1) is 17.8 Å². The van der Waals surface area contributed by atoms with Gasteiger partial charge in [0.1, 0.15) is 0 Å². The van der Waals surface area contributed by atoms with Crippen LogP contribution >= 0.6 is 0 Å². The van der Waals surface area contributed by atoms with E-state index in [9.17, 15) is 19.5 Å². The molecular formula is C23H34O6. The molecule has 2 saturated heterocycles. The summed E-state index contributed by atoms with van der Waals surface area (Å²) in [6, 6.07) is 0. The molecule has 0 bridgehead atoms. The van der Waals surface area contributed by atoms with Crippen molar-refractivity contribution in [3.8, 4) is 0 Å². The van der Waals surface area contributed by atoms with Crippen LogP contribution in [0.15, 0.2) is 0 Å². The lowest BCUT2D eigenvalue weighted by Gasteiger charge is -2.48. The molecule has 2 aliphatic carbocycles. The number of cyclic esters (lactones) is 3. The van der Waals surface area contributed by atoms with E-state index in [4.69, 9.17) is 9.47 Å². The van der Waals surface area contributed by atoms with Crippen molar-refractivity contribution < 1.29 is 29.0 Å². The average Bonchev–Trinajstić information content (AvgIpc) is 3.09. The maximum atomic E-state index is 12.1. The number of fused-ring (bicyclic) bond motifs is 2. The Morgan fingerprint density at radius 3 is 2.00 bits per heavy atom. The van der Waals surface area contributed by atoms with Crippen LogP contribution in [0.5, 0.6) is 0 Å². The molecule has 0 aromatic carbocycles. The van der Waals surface area contributed by atoms with E-state index < -0.39 is 6.29 Å². The first-order valence-electron chi connectivity index (χ1n) is 11.1. The number of carbonyl (C=O) groups is 3. The molecule has 4 aliphatic rings. The number of hydrogen-bond donors (Lipinski definition) is 1. The highest BCUT2D eigenvalue weighted by Gasteiger charge is 2.53. The molecule has 7 atom stereocenters. The first kappa shape index (κ1) is 20.8. The Bertz CT molecular complexity index is 710. The van der Waals surface area contributed by atoms with Gasteiger partial charge in [-0.2, -0.15) is 0 Å². The number of hydrogen-bond acceptors (Lipinski definition) is 6. The molecule has 2 heterocycles. The van der Waals surface area contributed by atoms with Gasteiger partial charge in [0.15, 0.2) is 0 Å². The average molecular weight is 407 g/mol. The van der Waals surface area contributed by atoms with Crippen molar-refractivity contribution in [2.75, 3.05) is 0 Å². The van der Waals surface area contributed by atoms with Gasteiger partial charge in [-0.15, -0.1) is 0 Å². The molecule has 4 rings (SSSR count). The maximum absolute atomic E-state index is 12.1. The van der Waals surface area contributed by atoms with E-state index in [2.05, 4.69) is 27.7 Å². The van der Waals surface area contributed by atoms with E-state index in [0.717, 1.165) is 44.9 Å². The van der Waals surface area contributed by atoms with E-state index in [1.165, 1.54) is 0 Å². The first-order valence-corrected chi connectivity index (χ1v) is 11.1. The number of carbonyl (C=O) groups excluding carboxylic acids is 3. The van der Waals surface area contributed by atoms with Crippen LogP contribution in [0.2, 0.25) is 0 Å². The van der Waals surface area contributed by atoms with Crippen LogP contribution in [-0.4, -0.2) is 29.3 Å². The molecule has 0 aromatic rings. The largest absolute Gasteiger partial charge is 0.435 e. The molecule has 6 nitrogen and oxygen atoms in total. The molecule has 6 heteroatoms. The molecule has 4 fully saturated rings. The Hall–Kier alpha value is -1.43. The van der Waals surface area contributed by atoms with E-state index in [1.807, 2.05) is 0 Å². The van der Waals surface area contributed by atoms with Gasteiger partial charge in [0, 0.05) is 5.92 Å². The number of aliphatic hydroxyl groups excluding tert-OH is 1. The second-order valence-electron chi connectivity index (χ2n) is 11.2. The summed E-state index contributed by atoms with van der Waals surface area (Å²) in [6.07, 6.45) is 5.07. The fourth-order valence-electron chi connectivity index (χ4n) is 6.95. The third kappa shape index (κ3) is 3.62. The second kappa shape index (κ2) is 7.07. The maximum Gasteiger partial charge on any atom is 0.317 e. The monoisotopic (exact) mass is 406 g/mol. The lowest BCUT2D eigenvalue weighted by molar-refractivity contribution is -0.157. The number of esters is 3. The van der Waals surface area contributed by atoms with Crippen molar-refractivity contribution in [2.24, 2.45) is 46.3 Å². The smallest absolute Gasteiger partial charge is 0.317 e. The van der Waals surface area contributed by atoms with Crippen molar-refractivity contribution in [3.05, 3.63) is 0 Å². The predicted octanol–water partition coefficient (Wildman–Crippen LogP) is 3.45. The van der Waals surface area contributed by atoms with Gasteiger partial charge in [-0.25, -0.2) is 0 Å². The van der Waals surface area contributed by atoms with Crippen LogP contribution in [0.1, 0.15) is 72.6 Å². The standard InChI is InChI=1S/C23H34O6/c1-22(2,12-5-7-14-16(9-12)20(26)28-18(14)24)11-23(3,4)13-6-8-15-17(10-13)21(27)29-19(15)25/h12-18,24H,5-11H2,1-4H3. The summed E-state index contributed by atoms with van der Waals surface area (Å²) in [4.78, 5) is 36.1. The van der Waals surface area contributed by atoms with Crippen molar-refractivity contribution in [1.29, 1.82) is 0 Å². The summed E-state index contributed by atoms with van der Waals surface area (Å²) < 4.78 is 9.95. The highest BCUT2D eigenvalue weighted by atomic mass is 16.6. The summed E-state index contributed by atoms with van der Waals surface area (Å²) in [5.41, 5.74) is 0.0537. The van der Waals surface area contributed by atoms with Crippen molar-refractivity contribution >= 4 is 17.9 Å². The van der Waals surface area contributed by atoms with Crippen LogP contribution in [0.4, 0.5) is 0 Å². The van der Waals surface area contributed by atoms with E-state index in [0.29, 0.717) is 11.8 Å². The topological polar surface area (TPSA) is 89.9 Å². The van der Waals surface area contributed by atoms with Gasteiger partial charge in [-0.3, -0.25) is 14.4 Å². The first-order chi connectivity index (χ1) is 13.5. The van der Waals surface area contributed by atoms with Crippen LogP contribution in [0, 0.1) is 46.3 Å². The zero-order chi connectivity index (χ0) is 21.1. The van der Waals surface area contributed by atoms with Crippen molar-refractivity contribution in [3.63, 3.8) is 0 Å². The quantitative estimate of drug-likeness (QED) is 0.568. The molecule has 162 valence electrons. The van der Waals surface area contributed by atoms with Gasteiger partial charge >= 0.3 is 17.9 Å². The SMILES string of the molecule is CC(C)(CC(C)(C)C1CCC2C(O)OC(=O)C2C1)C1CCC2C(=O)OC(=O)C2C1. The molecule has 0 spiro atoms.